The van der Waals surface area contributed by atoms with Crippen LogP contribution in [0.1, 0.15) is 16.1 Å². The fourth-order valence-corrected chi connectivity index (χ4v) is 2.83. The molecule has 2 aromatic carbocycles. The highest BCUT2D eigenvalue weighted by Gasteiger charge is 2.19. The van der Waals surface area contributed by atoms with Crippen LogP contribution in [0.5, 0.6) is 0 Å². The molecule has 0 atom stereocenters. The van der Waals surface area contributed by atoms with Crippen molar-refractivity contribution < 1.29 is 9.32 Å². The number of carbonyl (C=O) groups excluding carboxylic acids is 1. The molecule has 134 valence electrons. The van der Waals surface area contributed by atoms with Crippen molar-refractivity contribution in [2.75, 3.05) is 7.05 Å². The second-order valence-corrected chi connectivity index (χ2v) is 6.06. The van der Waals surface area contributed by atoms with Crippen LogP contribution in [-0.2, 0) is 6.54 Å². The molecule has 0 saturated heterocycles. The van der Waals surface area contributed by atoms with Crippen LogP contribution in [0.4, 0.5) is 0 Å². The maximum absolute atomic E-state index is 12.9. The Morgan fingerprint density at radius 3 is 2.67 bits per heavy atom. The first kappa shape index (κ1) is 16.7. The van der Waals surface area contributed by atoms with Gasteiger partial charge in [0.05, 0.1) is 17.8 Å². The van der Waals surface area contributed by atoms with E-state index >= 15 is 0 Å². The maximum atomic E-state index is 12.9. The van der Waals surface area contributed by atoms with E-state index in [4.69, 9.17) is 4.52 Å². The molecule has 0 saturated carbocycles. The summed E-state index contributed by atoms with van der Waals surface area (Å²) in [6.45, 7) is 0.310. The van der Waals surface area contributed by atoms with Gasteiger partial charge >= 0.3 is 0 Å². The molecule has 0 bridgehead atoms. The Balaban J connectivity index is 1.54. The van der Waals surface area contributed by atoms with Crippen LogP contribution in [0.2, 0.25) is 0 Å². The summed E-state index contributed by atoms with van der Waals surface area (Å²) in [5.41, 5.74) is 2.93. The van der Waals surface area contributed by atoms with Crippen molar-refractivity contribution in [2.45, 2.75) is 6.54 Å². The van der Waals surface area contributed by atoms with Crippen molar-refractivity contribution in [3.05, 3.63) is 84.6 Å². The van der Waals surface area contributed by atoms with Gasteiger partial charge in [0.1, 0.15) is 18.3 Å². The van der Waals surface area contributed by atoms with Gasteiger partial charge in [0, 0.05) is 18.7 Å². The van der Waals surface area contributed by atoms with Crippen molar-refractivity contribution >= 4 is 5.91 Å². The lowest BCUT2D eigenvalue weighted by Crippen LogP contribution is -2.27. The second-order valence-electron chi connectivity index (χ2n) is 6.06. The lowest BCUT2D eigenvalue weighted by Gasteiger charge is -2.17. The number of para-hydroxylation sites is 1. The summed E-state index contributed by atoms with van der Waals surface area (Å²) in [6, 6.07) is 18.9. The molecule has 0 aliphatic carbocycles. The summed E-state index contributed by atoms with van der Waals surface area (Å²) in [4.78, 5) is 18.5. The van der Waals surface area contributed by atoms with Crippen LogP contribution in [0, 0.1) is 0 Å². The molecule has 4 rings (SSSR count). The summed E-state index contributed by atoms with van der Waals surface area (Å²) >= 11 is 0. The SMILES string of the molecule is CN(Cc1cc(-c2ccccc2)no1)C(=O)c1ccccc1-n1cncn1. The standard InChI is InChI=1S/C20H17N5O2/c1-24(12-16-11-18(23-27-16)15-7-3-2-4-8-15)20(26)17-9-5-6-10-19(17)25-14-21-13-22-25/h2-11,13-14H,12H2,1H3. The maximum Gasteiger partial charge on any atom is 0.256 e. The van der Waals surface area contributed by atoms with E-state index in [1.54, 1.807) is 29.0 Å². The van der Waals surface area contributed by atoms with Crippen LogP contribution in [-0.4, -0.2) is 37.8 Å². The first-order valence-electron chi connectivity index (χ1n) is 8.43. The number of amides is 1. The van der Waals surface area contributed by atoms with Gasteiger partial charge in [0.25, 0.3) is 5.91 Å². The van der Waals surface area contributed by atoms with Gasteiger partial charge in [0.15, 0.2) is 5.76 Å². The minimum absolute atomic E-state index is 0.140. The van der Waals surface area contributed by atoms with Gasteiger partial charge in [0.2, 0.25) is 0 Å². The highest BCUT2D eigenvalue weighted by atomic mass is 16.5. The van der Waals surface area contributed by atoms with Gasteiger partial charge in [-0.25, -0.2) is 9.67 Å². The molecule has 0 N–H and O–H groups in total. The fourth-order valence-electron chi connectivity index (χ4n) is 2.83. The van der Waals surface area contributed by atoms with Crippen LogP contribution in [0.3, 0.4) is 0 Å². The van der Waals surface area contributed by atoms with E-state index < -0.39 is 0 Å². The average molecular weight is 359 g/mol. The molecule has 2 aromatic heterocycles. The van der Waals surface area contributed by atoms with E-state index in [0.717, 1.165) is 11.3 Å². The Hall–Kier alpha value is -3.74. The zero-order valence-electron chi connectivity index (χ0n) is 14.7. The molecule has 0 radical (unpaired) electrons. The van der Waals surface area contributed by atoms with Crippen molar-refractivity contribution in [1.29, 1.82) is 0 Å². The molecular weight excluding hydrogens is 342 g/mol. The topological polar surface area (TPSA) is 77.0 Å². The Morgan fingerprint density at radius 1 is 1.11 bits per heavy atom. The quantitative estimate of drug-likeness (QED) is 0.547. The van der Waals surface area contributed by atoms with Crippen LogP contribution < -0.4 is 0 Å². The third-order valence-electron chi connectivity index (χ3n) is 4.17. The number of carbonyl (C=O) groups is 1. The predicted molar refractivity (Wildman–Crippen MR) is 99.1 cm³/mol. The first-order valence-corrected chi connectivity index (χ1v) is 8.43. The smallest absolute Gasteiger partial charge is 0.256 e. The van der Waals surface area contributed by atoms with Gasteiger partial charge in [-0.3, -0.25) is 4.79 Å². The number of rotatable bonds is 5. The second kappa shape index (κ2) is 7.25. The van der Waals surface area contributed by atoms with Gasteiger partial charge in [-0.05, 0) is 12.1 Å². The fraction of sp³-hybridized carbons (Fsp3) is 0.100. The highest BCUT2D eigenvalue weighted by Crippen LogP contribution is 2.20. The van der Waals surface area contributed by atoms with Crippen molar-refractivity contribution in [1.82, 2.24) is 24.8 Å². The minimum Gasteiger partial charge on any atom is -0.359 e. The van der Waals surface area contributed by atoms with Gasteiger partial charge in [-0.1, -0.05) is 47.6 Å². The molecular formula is C20H17N5O2. The molecule has 1 amide bonds. The lowest BCUT2D eigenvalue weighted by atomic mass is 10.1. The van der Waals surface area contributed by atoms with E-state index in [-0.39, 0.29) is 5.91 Å². The molecule has 0 aliphatic rings. The Bertz CT molecular complexity index is 1040. The number of aromatic nitrogens is 4. The Labute approximate surface area is 155 Å². The predicted octanol–water partition coefficient (Wildman–Crippen LogP) is 3.19. The number of hydrogen-bond acceptors (Lipinski definition) is 5. The van der Waals surface area contributed by atoms with Crippen LogP contribution >= 0.6 is 0 Å². The number of hydrogen-bond donors (Lipinski definition) is 0. The zero-order valence-corrected chi connectivity index (χ0v) is 14.7. The van der Waals surface area contributed by atoms with E-state index in [9.17, 15) is 4.79 Å². The van der Waals surface area contributed by atoms with Gasteiger partial charge < -0.3 is 9.42 Å². The zero-order chi connectivity index (χ0) is 18.6. The summed E-state index contributed by atoms with van der Waals surface area (Å²) < 4.78 is 6.98. The summed E-state index contributed by atoms with van der Waals surface area (Å²) in [6.07, 6.45) is 3.00. The lowest BCUT2D eigenvalue weighted by molar-refractivity contribution is 0.0772. The van der Waals surface area contributed by atoms with Crippen LogP contribution in [0.15, 0.2) is 77.8 Å². The van der Waals surface area contributed by atoms with E-state index in [2.05, 4.69) is 15.2 Å². The minimum atomic E-state index is -0.140. The number of nitrogens with zero attached hydrogens (tertiary/aromatic N) is 5. The summed E-state index contributed by atoms with van der Waals surface area (Å²) in [5.74, 6) is 0.474. The molecule has 27 heavy (non-hydrogen) atoms. The molecule has 0 unspecified atom stereocenters. The third-order valence-corrected chi connectivity index (χ3v) is 4.17. The Morgan fingerprint density at radius 2 is 1.89 bits per heavy atom. The molecule has 0 spiro atoms. The van der Waals surface area contributed by atoms with E-state index in [1.165, 1.54) is 6.33 Å². The third kappa shape index (κ3) is 3.48. The summed E-state index contributed by atoms with van der Waals surface area (Å²) in [5, 5.41) is 8.21. The highest BCUT2D eigenvalue weighted by molar-refractivity contribution is 5.97. The molecule has 7 nitrogen and oxygen atoms in total. The largest absolute Gasteiger partial charge is 0.359 e. The molecule has 2 heterocycles. The van der Waals surface area contributed by atoms with E-state index in [0.29, 0.717) is 23.6 Å². The monoisotopic (exact) mass is 359 g/mol. The van der Waals surface area contributed by atoms with E-state index in [1.807, 2.05) is 54.6 Å². The summed E-state index contributed by atoms with van der Waals surface area (Å²) in [7, 11) is 1.73. The van der Waals surface area contributed by atoms with Gasteiger partial charge in [-0.2, -0.15) is 5.10 Å². The Kier molecular flexibility index (Phi) is 4.49. The normalized spacial score (nSPS) is 10.7. The van der Waals surface area contributed by atoms with Crippen molar-refractivity contribution in [3.63, 3.8) is 0 Å². The molecule has 4 aromatic rings. The first-order chi connectivity index (χ1) is 13.2. The van der Waals surface area contributed by atoms with Crippen molar-refractivity contribution in [2.24, 2.45) is 0 Å². The molecule has 0 aliphatic heterocycles. The van der Waals surface area contributed by atoms with Gasteiger partial charge in [-0.15, -0.1) is 0 Å². The van der Waals surface area contributed by atoms with Crippen molar-refractivity contribution in [3.8, 4) is 16.9 Å². The average Bonchev–Trinajstić information content (AvgIpc) is 3.40. The number of benzene rings is 2. The molecule has 7 heteroatoms. The van der Waals surface area contributed by atoms with Crippen LogP contribution in [0.25, 0.3) is 16.9 Å². The molecule has 0 fully saturated rings.